The first-order valence-electron chi connectivity index (χ1n) is 8.89. The minimum Gasteiger partial charge on any atom is -0.468 e. The van der Waals surface area contributed by atoms with E-state index in [2.05, 4.69) is 15.3 Å². The van der Waals surface area contributed by atoms with Crippen molar-refractivity contribution in [2.24, 2.45) is 0 Å². The quantitative estimate of drug-likeness (QED) is 0.748. The molecule has 1 saturated heterocycles. The molecule has 1 fully saturated rings. The van der Waals surface area contributed by atoms with E-state index >= 15 is 0 Å². The van der Waals surface area contributed by atoms with Crippen molar-refractivity contribution < 1.29 is 14.3 Å². The van der Waals surface area contributed by atoms with Crippen LogP contribution in [0.5, 0.6) is 17.5 Å². The molecule has 0 saturated carbocycles. The molecule has 2 aromatic heterocycles. The third kappa shape index (κ3) is 4.32. The lowest BCUT2D eigenvalue weighted by Crippen LogP contribution is -2.47. The van der Waals surface area contributed by atoms with Gasteiger partial charge in [-0.25, -0.2) is 9.97 Å². The summed E-state index contributed by atoms with van der Waals surface area (Å²) in [5.41, 5.74) is 0.774. The van der Waals surface area contributed by atoms with E-state index in [1.807, 2.05) is 36.4 Å². The highest BCUT2D eigenvalue weighted by molar-refractivity contribution is 5.81. The van der Waals surface area contributed by atoms with Crippen molar-refractivity contribution in [3.63, 3.8) is 0 Å². The zero-order chi connectivity index (χ0) is 18.5. The average molecular weight is 364 g/mol. The van der Waals surface area contributed by atoms with Gasteiger partial charge in [0.05, 0.1) is 5.52 Å². The predicted octanol–water partition coefficient (Wildman–Crippen LogP) is 2.23. The van der Waals surface area contributed by atoms with E-state index in [1.165, 1.54) is 0 Å². The number of carbonyl (C=O) groups excluding carboxylic acids is 1. The molecule has 3 heterocycles. The van der Waals surface area contributed by atoms with E-state index in [-0.39, 0.29) is 12.5 Å². The number of nitrogens with one attached hydrogen (secondary N) is 1. The van der Waals surface area contributed by atoms with Crippen molar-refractivity contribution in [1.82, 2.24) is 20.2 Å². The average Bonchev–Trinajstić information content (AvgIpc) is 2.73. The molecule has 1 aliphatic heterocycles. The van der Waals surface area contributed by atoms with Gasteiger partial charge in [-0.3, -0.25) is 4.79 Å². The zero-order valence-corrected chi connectivity index (χ0v) is 14.8. The highest BCUT2D eigenvalue weighted by atomic mass is 16.5. The highest BCUT2D eigenvalue weighted by Crippen LogP contribution is 2.25. The number of carbonyl (C=O) groups is 1. The summed E-state index contributed by atoms with van der Waals surface area (Å²) >= 11 is 0. The number of aromatic nitrogens is 2. The fourth-order valence-electron chi connectivity index (χ4n) is 2.90. The lowest BCUT2D eigenvalue weighted by atomic mass is 10.2. The Morgan fingerprint density at radius 3 is 2.78 bits per heavy atom. The van der Waals surface area contributed by atoms with Crippen LogP contribution in [0.3, 0.4) is 0 Å². The largest absolute Gasteiger partial charge is 0.468 e. The maximum Gasteiger partial charge on any atom is 0.260 e. The molecule has 7 heteroatoms. The van der Waals surface area contributed by atoms with E-state index in [0.29, 0.717) is 30.6 Å². The maximum absolute atomic E-state index is 12.2. The summed E-state index contributed by atoms with van der Waals surface area (Å²) in [5.74, 6) is 1.64. The summed E-state index contributed by atoms with van der Waals surface area (Å²) in [7, 11) is 0. The third-order valence-electron chi connectivity index (χ3n) is 4.31. The van der Waals surface area contributed by atoms with Gasteiger partial charge in [-0.2, -0.15) is 0 Å². The second-order valence-corrected chi connectivity index (χ2v) is 6.19. The second-order valence-electron chi connectivity index (χ2n) is 6.19. The molecule has 7 nitrogen and oxygen atoms in total. The molecule has 1 aliphatic rings. The fraction of sp³-hybridized carbons (Fsp3) is 0.250. The normalized spacial score (nSPS) is 14.1. The van der Waals surface area contributed by atoms with E-state index < -0.39 is 0 Å². The number of piperazine rings is 1. The molecular weight excluding hydrogens is 344 g/mol. The van der Waals surface area contributed by atoms with E-state index in [4.69, 9.17) is 9.47 Å². The van der Waals surface area contributed by atoms with Crippen LogP contribution in [0.1, 0.15) is 0 Å². The molecule has 0 bridgehead atoms. The van der Waals surface area contributed by atoms with Crippen LogP contribution in [-0.4, -0.2) is 53.6 Å². The number of ether oxygens (including phenoxy) is 2. The molecule has 0 unspecified atom stereocenters. The Balaban J connectivity index is 1.41. The van der Waals surface area contributed by atoms with Gasteiger partial charge in [-0.1, -0.05) is 6.07 Å². The van der Waals surface area contributed by atoms with Gasteiger partial charge in [0.1, 0.15) is 5.75 Å². The summed E-state index contributed by atoms with van der Waals surface area (Å²) in [6, 6.07) is 14.8. The Morgan fingerprint density at radius 2 is 1.96 bits per heavy atom. The van der Waals surface area contributed by atoms with Crippen LogP contribution >= 0.6 is 0 Å². The van der Waals surface area contributed by atoms with Crippen molar-refractivity contribution in [2.75, 3.05) is 32.8 Å². The molecule has 0 atom stereocenters. The topological polar surface area (TPSA) is 76.6 Å². The van der Waals surface area contributed by atoms with E-state index in [1.54, 1.807) is 23.2 Å². The maximum atomic E-state index is 12.2. The van der Waals surface area contributed by atoms with Gasteiger partial charge in [-0.05, 0) is 30.3 Å². The van der Waals surface area contributed by atoms with Gasteiger partial charge in [0.2, 0.25) is 11.8 Å². The summed E-state index contributed by atoms with van der Waals surface area (Å²) in [6.07, 6.45) is 1.68. The Kier molecular flexibility index (Phi) is 5.11. The third-order valence-corrected chi connectivity index (χ3v) is 4.31. The van der Waals surface area contributed by atoms with Crippen LogP contribution in [0.2, 0.25) is 0 Å². The predicted molar refractivity (Wildman–Crippen MR) is 101 cm³/mol. The van der Waals surface area contributed by atoms with E-state index in [0.717, 1.165) is 24.0 Å². The molecule has 0 spiro atoms. The van der Waals surface area contributed by atoms with Gasteiger partial charge in [0.25, 0.3) is 5.91 Å². The fourth-order valence-corrected chi connectivity index (χ4v) is 2.90. The first-order chi connectivity index (χ1) is 13.3. The molecule has 138 valence electrons. The van der Waals surface area contributed by atoms with Crippen molar-refractivity contribution in [1.29, 1.82) is 0 Å². The number of rotatable bonds is 5. The first-order valence-corrected chi connectivity index (χ1v) is 8.89. The van der Waals surface area contributed by atoms with Crippen LogP contribution in [0, 0.1) is 0 Å². The molecule has 1 aromatic carbocycles. The lowest BCUT2D eigenvalue weighted by molar-refractivity contribution is -0.134. The van der Waals surface area contributed by atoms with Crippen molar-refractivity contribution in [3.05, 3.63) is 54.7 Å². The molecular formula is C20H20N4O3. The summed E-state index contributed by atoms with van der Waals surface area (Å²) in [5, 5.41) is 4.14. The first kappa shape index (κ1) is 17.2. The summed E-state index contributed by atoms with van der Waals surface area (Å²) in [6.45, 7) is 3.07. The number of pyridine rings is 2. The number of hydrogen-bond donors (Lipinski definition) is 1. The van der Waals surface area contributed by atoms with Crippen LogP contribution in [0.15, 0.2) is 54.7 Å². The smallest absolute Gasteiger partial charge is 0.260 e. The number of fused-ring (bicyclic) bond motifs is 1. The monoisotopic (exact) mass is 364 g/mol. The molecule has 4 rings (SSSR count). The molecule has 0 aliphatic carbocycles. The number of hydrogen-bond acceptors (Lipinski definition) is 6. The van der Waals surface area contributed by atoms with Crippen LogP contribution < -0.4 is 14.8 Å². The van der Waals surface area contributed by atoms with Gasteiger partial charge in [-0.15, -0.1) is 0 Å². The number of benzene rings is 1. The van der Waals surface area contributed by atoms with Crippen molar-refractivity contribution in [3.8, 4) is 17.5 Å². The molecule has 1 N–H and O–H groups in total. The van der Waals surface area contributed by atoms with Crippen LogP contribution in [0.25, 0.3) is 10.9 Å². The van der Waals surface area contributed by atoms with Gasteiger partial charge in [0.15, 0.2) is 6.61 Å². The molecule has 1 amide bonds. The summed E-state index contributed by atoms with van der Waals surface area (Å²) in [4.78, 5) is 22.6. The zero-order valence-electron chi connectivity index (χ0n) is 14.8. The molecule has 0 radical (unpaired) electrons. The van der Waals surface area contributed by atoms with Crippen molar-refractivity contribution >= 4 is 16.8 Å². The van der Waals surface area contributed by atoms with Crippen LogP contribution in [0.4, 0.5) is 0 Å². The minimum absolute atomic E-state index is 0.000617. The Bertz CT molecular complexity index is 927. The minimum atomic E-state index is -0.0162. The lowest BCUT2D eigenvalue weighted by Gasteiger charge is -2.27. The molecule has 3 aromatic rings. The van der Waals surface area contributed by atoms with Crippen LogP contribution in [-0.2, 0) is 4.79 Å². The standard InChI is InChI=1S/C20H20N4O3/c25-20(24-11-9-21-10-12-24)14-26-19-7-4-15-13-16(5-6-17(15)23-19)27-18-3-1-2-8-22-18/h1-8,13,21H,9-12,14H2. The molecule has 27 heavy (non-hydrogen) atoms. The Morgan fingerprint density at radius 1 is 1.07 bits per heavy atom. The van der Waals surface area contributed by atoms with E-state index in [9.17, 15) is 4.79 Å². The number of nitrogens with zero attached hydrogens (tertiary/aromatic N) is 3. The summed E-state index contributed by atoms with van der Waals surface area (Å²) < 4.78 is 11.3. The van der Waals surface area contributed by atoms with Crippen molar-refractivity contribution in [2.45, 2.75) is 0 Å². The SMILES string of the molecule is O=C(COc1ccc2cc(Oc3ccccn3)ccc2n1)N1CCNCC1. The Hall–Kier alpha value is -3.19. The van der Waals surface area contributed by atoms with Gasteiger partial charge in [0, 0.05) is 49.9 Å². The Labute approximate surface area is 156 Å². The highest BCUT2D eigenvalue weighted by Gasteiger charge is 2.16. The van der Waals surface area contributed by atoms with Gasteiger partial charge < -0.3 is 19.7 Å². The second kappa shape index (κ2) is 8.01. The number of amides is 1. The van der Waals surface area contributed by atoms with Gasteiger partial charge >= 0.3 is 0 Å².